The molecule has 0 heterocycles. The van der Waals surface area contributed by atoms with Crippen LogP contribution in [0, 0.1) is 10.1 Å². The molecule has 0 radical (unpaired) electrons. The van der Waals surface area contributed by atoms with Gasteiger partial charge in [-0.25, -0.2) is 0 Å². The van der Waals surface area contributed by atoms with Crippen molar-refractivity contribution in [3.8, 4) is 5.75 Å². The van der Waals surface area contributed by atoms with Gasteiger partial charge in [0.05, 0.1) is 11.5 Å². The molecule has 1 aromatic rings. The van der Waals surface area contributed by atoms with E-state index in [0.717, 1.165) is 44.9 Å². The Bertz CT molecular complexity index is 1190. The molecule has 350 valence electrons. The topological polar surface area (TPSA) is 95.7 Å². The predicted molar refractivity (Wildman–Crippen MR) is 258 cm³/mol. The fourth-order valence-electron chi connectivity index (χ4n) is 7.95. The first-order valence-electron chi connectivity index (χ1n) is 25.9. The molecule has 0 saturated heterocycles. The predicted octanol–water partition coefficient (Wildman–Crippen LogP) is 17.8. The average molecular weight is 852 g/mol. The van der Waals surface area contributed by atoms with Gasteiger partial charge in [-0.3, -0.25) is 19.7 Å². The van der Waals surface area contributed by atoms with Crippen molar-refractivity contribution < 1.29 is 24.0 Å². The number of hydrogen-bond donors (Lipinski definition) is 0. The number of hydrogen-bond acceptors (Lipinski definition) is 6. The Labute approximate surface area is 375 Å². The molecule has 7 heteroatoms. The Morgan fingerprint density at radius 2 is 0.803 bits per heavy atom. The smallest absolute Gasteiger partial charge is 0.311 e. The summed E-state index contributed by atoms with van der Waals surface area (Å²) in [5.41, 5.74) is -0.00867. The minimum atomic E-state index is -0.465. The van der Waals surface area contributed by atoms with E-state index in [0.29, 0.717) is 25.2 Å². The summed E-state index contributed by atoms with van der Waals surface area (Å²) in [5, 5.41) is 10.7. The van der Waals surface area contributed by atoms with Crippen LogP contribution in [0.1, 0.15) is 264 Å². The first-order valence-corrected chi connectivity index (χ1v) is 25.9. The van der Waals surface area contributed by atoms with Gasteiger partial charge < -0.3 is 9.47 Å². The van der Waals surface area contributed by atoms with Crippen molar-refractivity contribution in [3.05, 3.63) is 58.7 Å². The number of esters is 2. The Hall–Kier alpha value is -2.96. The second kappa shape index (κ2) is 45.1. The van der Waals surface area contributed by atoms with Crippen molar-refractivity contribution in [3.63, 3.8) is 0 Å². The molecule has 7 nitrogen and oxygen atoms in total. The number of benzene rings is 1. The van der Waals surface area contributed by atoms with Crippen LogP contribution in [0.25, 0.3) is 0 Å². The van der Waals surface area contributed by atoms with Crippen molar-refractivity contribution in [2.24, 2.45) is 0 Å². The molecule has 0 spiro atoms. The fourth-order valence-corrected chi connectivity index (χ4v) is 7.95. The molecule has 0 amide bonds. The van der Waals surface area contributed by atoms with E-state index in [1.165, 1.54) is 223 Å². The molecule has 0 atom stereocenters. The first-order chi connectivity index (χ1) is 30.0. The van der Waals surface area contributed by atoms with E-state index in [1.807, 2.05) is 0 Å². The third kappa shape index (κ3) is 40.8. The van der Waals surface area contributed by atoms with Gasteiger partial charge in [0.1, 0.15) is 5.75 Å². The van der Waals surface area contributed by atoms with Crippen LogP contribution in [-0.2, 0) is 14.3 Å². The van der Waals surface area contributed by atoms with Crippen molar-refractivity contribution in [2.75, 3.05) is 6.61 Å². The van der Waals surface area contributed by atoms with Crippen molar-refractivity contribution >= 4 is 17.6 Å². The van der Waals surface area contributed by atoms with Crippen LogP contribution in [0.4, 0.5) is 5.69 Å². The van der Waals surface area contributed by atoms with Gasteiger partial charge in [-0.05, 0) is 63.5 Å². The van der Waals surface area contributed by atoms with Crippen LogP contribution in [0.5, 0.6) is 5.75 Å². The first kappa shape index (κ1) is 56.1. The number of allylic oxidation sites excluding steroid dienone is 4. The van der Waals surface area contributed by atoms with Gasteiger partial charge in [0.2, 0.25) is 0 Å². The van der Waals surface area contributed by atoms with Gasteiger partial charge in [-0.15, -0.1) is 0 Å². The average Bonchev–Trinajstić information content (AvgIpc) is 3.25. The second-order valence-electron chi connectivity index (χ2n) is 17.7. The quantitative estimate of drug-likeness (QED) is 0.0162. The highest BCUT2D eigenvalue weighted by Crippen LogP contribution is 2.20. The molecule has 0 N–H and O–H groups in total. The zero-order chi connectivity index (χ0) is 43.9. The zero-order valence-corrected chi connectivity index (χ0v) is 39.5. The highest BCUT2D eigenvalue weighted by Gasteiger charge is 2.08. The summed E-state index contributed by atoms with van der Waals surface area (Å²) in [6.07, 6.45) is 58.9. The Balaban J connectivity index is 1.69. The van der Waals surface area contributed by atoms with Gasteiger partial charge in [-0.1, -0.05) is 224 Å². The minimum Gasteiger partial charge on any atom is -0.466 e. The standard InChI is InChI=1S/C54H93NO6/c1-2-3-4-5-6-7-8-9-23-26-29-32-35-38-41-44-53(56)60-50-43-40-37-34-31-28-25-22-20-18-16-14-12-10-11-13-15-17-19-21-24-27-30-33-36-39-42-45-54(57)61-52-48-46-51(47-49-52)55(58)59/h6-7,9,23,46-49H,2-5,8,10-22,24-45,50H2,1H3/b7-6-,23-9-. The second-order valence-corrected chi connectivity index (χ2v) is 17.7. The molecule has 0 aliphatic rings. The van der Waals surface area contributed by atoms with Crippen LogP contribution in [0.15, 0.2) is 48.6 Å². The van der Waals surface area contributed by atoms with Crippen LogP contribution in [0.2, 0.25) is 0 Å². The van der Waals surface area contributed by atoms with Crippen LogP contribution < -0.4 is 4.74 Å². The summed E-state index contributed by atoms with van der Waals surface area (Å²) in [5.74, 6) is 0.0899. The van der Waals surface area contributed by atoms with E-state index in [-0.39, 0.29) is 17.6 Å². The molecule has 0 unspecified atom stereocenters. The molecular formula is C54H93NO6. The Kier molecular flexibility index (Phi) is 41.4. The number of nitro benzene ring substituents is 1. The lowest BCUT2D eigenvalue weighted by Gasteiger charge is -2.06. The molecule has 0 bridgehead atoms. The van der Waals surface area contributed by atoms with Crippen LogP contribution in [0.3, 0.4) is 0 Å². The molecule has 0 saturated carbocycles. The number of non-ortho nitro benzene ring substituents is 1. The summed E-state index contributed by atoms with van der Waals surface area (Å²) in [6, 6.07) is 5.64. The SMILES string of the molecule is CCCCC/C=C\C/C=C\CCCCCCCC(=O)OCCCCCCCCCCCCCCCCCCCCCCCCCCCCCC(=O)Oc1ccc([N+](=O)[O-])cc1. The van der Waals surface area contributed by atoms with Crippen molar-refractivity contribution in [1.29, 1.82) is 0 Å². The number of carbonyl (C=O) groups excluding carboxylic acids is 2. The molecule has 0 aliphatic carbocycles. The Morgan fingerprint density at radius 3 is 1.20 bits per heavy atom. The molecule has 1 rings (SSSR count). The summed E-state index contributed by atoms with van der Waals surface area (Å²) in [4.78, 5) is 34.3. The largest absolute Gasteiger partial charge is 0.466 e. The lowest BCUT2D eigenvalue weighted by Crippen LogP contribution is -2.07. The van der Waals surface area contributed by atoms with Gasteiger partial charge >= 0.3 is 11.9 Å². The van der Waals surface area contributed by atoms with E-state index >= 15 is 0 Å². The fraction of sp³-hybridized carbons (Fsp3) is 0.778. The number of carbonyl (C=O) groups is 2. The lowest BCUT2D eigenvalue weighted by molar-refractivity contribution is -0.384. The highest BCUT2D eigenvalue weighted by molar-refractivity contribution is 5.72. The van der Waals surface area contributed by atoms with Crippen LogP contribution in [-0.4, -0.2) is 23.5 Å². The number of unbranched alkanes of at least 4 members (excludes halogenated alkanes) is 34. The normalized spacial score (nSPS) is 11.6. The summed E-state index contributed by atoms with van der Waals surface area (Å²) >= 11 is 0. The minimum absolute atomic E-state index is 0.0000162. The molecule has 61 heavy (non-hydrogen) atoms. The van der Waals surface area contributed by atoms with E-state index in [2.05, 4.69) is 31.2 Å². The third-order valence-corrected chi connectivity index (χ3v) is 11.9. The van der Waals surface area contributed by atoms with Gasteiger partial charge in [0.25, 0.3) is 5.69 Å². The zero-order valence-electron chi connectivity index (χ0n) is 39.5. The van der Waals surface area contributed by atoms with E-state index in [4.69, 9.17) is 9.47 Å². The summed E-state index contributed by atoms with van der Waals surface area (Å²) in [6.45, 7) is 2.86. The van der Waals surface area contributed by atoms with Gasteiger partial charge in [-0.2, -0.15) is 0 Å². The number of rotatable bonds is 46. The van der Waals surface area contributed by atoms with Gasteiger partial charge in [0, 0.05) is 25.0 Å². The lowest BCUT2D eigenvalue weighted by atomic mass is 10.0. The maximum atomic E-state index is 12.0. The summed E-state index contributed by atoms with van der Waals surface area (Å²) < 4.78 is 10.7. The molecule has 1 aromatic carbocycles. The number of nitrogens with zero attached hydrogens (tertiary/aromatic N) is 1. The molecule has 0 aromatic heterocycles. The van der Waals surface area contributed by atoms with E-state index in [1.54, 1.807) is 0 Å². The number of ether oxygens (including phenoxy) is 2. The van der Waals surface area contributed by atoms with E-state index < -0.39 is 4.92 Å². The summed E-state index contributed by atoms with van der Waals surface area (Å²) in [7, 11) is 0. The van der Waals surface area contributed by atoms with Crippen molar-refractivity contribution in [1.82, 2.24) is 0 Å². The maximum absolute atomic E-state index is 12.0. The molecular weight excluding hydrogens is 759 g/mol. The third-order valence-electron chi connectivity index (χ3n) is 11.9. The molecule has 0 fully saturated rings. The van der Waals surface area contributed by atoms with E-state index in [9.17, 15) is 19.7 Å². The number of nitro groups is 1. The monoisotopic (exact) mass is 852 g/mol. The van der Waals surface area contributed by atoms with Gasteiger partial charge in [0.15, 0.2) is 0 Å². The Morgan fingerprint density at radius 1 is 0.459 bits per heavy atom. The van der Waals surface area contributed by atoms with Crippen LogP contribution >= 0.6 is 0 Å². The maximum Gasteiger partial charge on any atom is 0.311 e. The van der Waals surface area contributed by atoms with Crippen molar-refractivity contribution in [2.45, 2.75) is 264 Å². The highest BCUT2D eigenvalue weighted by atomic mass is 16.6. The molecule has 0 aliphatic heterocycles.